The number of hydrogen-bond acceptors (Lipinski definition) is 11. The normalized spacial score (nSPS) is 10.7. The molecule has 0 bridgehead atoms. The molecule has 6 N–H and O–H groups in total. The molecular formula is C27H27N3O8. The third kappa shape index (κ3) is 7.00. The van der Waals surface area contributed by atoms with Crippen molar-refractivity contribution in [1.82, 2.24) is 0 Å². The number of nitrogens with two attached hydrogens (primary N) is 3. The largest absolute Gasteiger partial charge is 0.467 e. The molecule has 198 valence electrons. The van der Waals surface area contributed by atoms with Crippen molar-refractivity contribution >= 4 is 41.4 Å². The van der Waals surface area contributed by atoms with Gasteiger partial charge in [0.1, 0.15) is 31.8 Å². The summed E-state index contributed by atoms with van der Waals surface area (Å²) in [5.74, 6) is -2.34. The van der Waals surface area contributed by atoms with Gasteiger partial charge in [0.15, 0.2) is 0 Å². The summed E-state index contributed by atoms with van der Waals surface area (Å²) < 4.78 is 21.3. The summed E-state index contributed by atoms with van der Waals surface area (Å²) in [6.45, 7) is -1.67. The van der Waals surface area contributed by atoms with Gasteiger partial charge in [0, 0.05) is 17.1 Å². The van der Waals surface area contributed by atoms with Crippen LogP contribution in [-0.2, 0) is 23.7 Å². The second-order valence-electron chi connectivity index (χ2n) is 8.40. The maximum atomic E-state index is 12.7. The van der Waals surface area contributed by atoms with E-state index in [-0.39, 0.29) is 40.2 Å². The number of ether oxygens (including phenoxy) is 4. The Labute approximate surface area is 218 Å². The number of para-hydroxylation sites is 3. The molecule has 0 amide bonds. The summed E-state index contributed by atoms with van der Waals surface area (Å²) in [5.41, 5.74) is 16.9. The van der Waals surface area contributed by atoms with Crippen LogP contribution in [0.1, 0.15) is 31.1 Å². The minimum absolute atomic E-state index is 0.0980. The standard InChI is InChI=1S/C27H27N3O8/c28-21-10-4-1-7-18(21)24(32)36-14-27(13-35-17-31,15-37-25(33)19-8-2-5-11-22(19)29)16-38-26(34)20-9-3-6-12-23(20)30/h1-12,17H,13-16,28-30H2. The van der Waals surface area contributed by atoms with E-state index < -0.39 is 49.8 Å². The van der Waals surface area contributed by atoms with Gasteiger partial charge in [-0.2, -0.15) is 0 Å². The molecule has 0 aromatic heterocycles. The number of hydrogen-bond donors (Lipinski definition) is 3. The van der Waals surface area contributed by atoms with Gasteiger partial charge in [0.05, 0.1) is 16.7 Å². The minimum Gasteiger partial charge on any atom is -0.467 e. The molecule has 0 saturated heterocycles. The molecule has 3 aromatic rings. The fourth-order valence-corrected chi connectivity index (χ4v) is 3.40. The van der Waals surface area contributed by atoms with Crippen LogP contribution in [0.5, 0.6) is 0 Å². The van der Waals surface area contributed by atoms with Gasteiger partial charge in [-0.05, 0) is 36.4 Å². The van der Waals surface area contributed by atoms with Crippen LogP contribution in [0.15, 0.2) is 72.8 Å². The summed E-state index contributed by atoms with van der Waals surface area (Å²) in [5, 5.41) is 0. The third-order valence-corrected chi connectivity index (χ3v) is 5.53. The maximum Gasteiger partial charge on any atom is 0.340 e. The Morgan fingerprint density at radius 1 is 0.579 bits per heavy atom. The molecule has 0 unspecified atom stereocenters. The van der Waals surface area contributed by atoms with Gasteiger partial charge >= 0.3 is 17.9 Å². The molecule has 3 rings (SSSR count). The Morgan fingerprint density at radius 2 is 0.895 bits per heavy atom. The predicted molar refractivity (Wildman–Crippen MR) is 138 cm³/mol. The molecule has 0 fully saturated rings. The minimum atomic E-state index is -1.49. The number of benzene rings is 3. The van der Waals surface area contributed by atoms with Crippen LogP contribution < -0.4 is 17.2 Å². The zero-order valence-corrected chi connectivity index (χ0v) is 20.3. The van der Waals surface area contributed by atoms with E-state index in [4.69, 9.17) is 36.1 Å². The van der Waals surface area contributed by atoms with Gasteiger partial charge in [0.25, 0.3) is 6.47 Å². The molecule has 38 heavy (non-hydrogen) atoms. The van der Waals surface area contributed by atoms with Crippen LogP contribution >= 0.6 is 0 Å². The smallest absolute Gasteiger partial charge is 0.340 e. The molecule has 0 atom stereocenters. The van der Waals surface area contributed by atoms with Crippen LogP contribution in [0.4, 0.5) is 17.1 Å². The van der Waals surface area contributed by atoms with Crippen LogP contribution in [-0.4, -0.2) is 50.8 Å². The summed E-state index contributed by atoms with van der Waals surface area (Å²) >= 11 is 0. The van der Waals surface area contributed by atoms with Gasteiger partial charge in [0.2, 0.25) is 0 Å². The second-order valence-corrected chi connectivity index (χ2v) is 8.40. The highest BCUT2D eigenvalue weighted by Gasteiger charge is 2.38. The summed E-state index contributed by atoms with van der Waals surface area (Å²) in [4.78, 5) is 49.3. The molecule has 0 aliphatic rings. The number of carbonyl (C=O) groups excluding carboxylic acids is 4. The third-order valence-electron chi connectivity index (χ3n) is 5.53. The summed E-state index contributed by atoms with van der Waals surface area (Å²) in [7, 11) is 0. The molecule has 11 heteroatoms. The second kappa shape index (κ2) is 12.8. The van der Waals surface area contributed by atoms with Crippen molar-refractivity contribution in [3.8, 4) is 0 Å². The fourth-order valence-electron chi connectivity index (χ4n) is 3.40. The van der Waals surface area contributed by atoms with E-state index in [1.807, 2.05) is 0 Å². The number of rotatable bonds is 12. The molecule has 0 spiro atoms. The van der Waals surface area contributed by atoms with Crippen molar-refractivity contribution < 1.29 is 38.1 Å². The molecule has 11 nitrogen and oxygen atoms in total. The van der Waals surface area contributed by atoms with Crippen LogP contribution in [0.2, 0.25) is 0 Å². The van der Waals surface area contributed by atoms with Gasteiger partial charge in [-0.1, -0.05) is 36.4 Å². The number of carbonyl (C=O) groups is 4. The fraction of sp³-hybridized carbons (Fsp3) is 0.185. The Kier molecular flexibility index (Phi) is 9.25. The van der Waals surface area contributed by atoms with E-state index in [0.717, 1.165) is 0 Å². The average molecular weight is 522 g/mol. The SMILES string of the molecule is Nc1ccccc1C(=O)OCC(COC=O)(COC(=O)c1ccccc1N)COC(=O)c1ccccc1N. The highest BCUT2D eigenvalue weighted by Crippen LogP contribution is 2.25. The molecule has 0 aliphatic heterocycles. The van der Waals surface area contributed by atoms with Crippen molar-refractivity contribution in [2.75, 3.05) is 43.6 Å². The Hall–Kier alpha value is -5.06. The van der Waals surface area contributed by atoms with Gasteiger partial charge in [-0.25, -0.2) is 14.4 Å². The van der Waals surface area contributed by atoms with Crippen LogP contribution in [0.3, 0.4) is 0 Å². The van der Waals surface area contributed by atoms with Crippen LogP contribution in [0.25, 0.3) is 0 Å². The molecule has 0 aliphatic carbocycles. The molecule has 0 heterocycles. The van der Waals surface area contributed by atoms with Crippen molar-refractivity contribution in [3.05, 3.63) is 89.5 Å². The molecular weight excluding hydrogens is 494 g/mol. The van der Waals surface area contributed by atoms with Gasteiger partial charge in [-0.3, -0.25) is 4.79 Å². The Balaban J connectivity index is 1.85. The van der Waals surface area contributed by atoms with E-state index in [1.54, 1.807) is 36.4 Å². The number of nitrogen functional groups attached to an aromatic ring is 3. The Bertz CT molecular complexity index is 1160. The van der Waals surface area contributed by atoms with Crippen molar-refractivity contribution in [3.63, 3.8) is 0 Å². The first kappa shape index (κ1) is 27.5. The van der Waals surface area contributed by atoms with Crippen molar-refractivity contribution in [2.24, 2.45) is 5.41 Å². The summed E-state index contributed by atoms with van der Waals surface area (Å²) in [6, 6.07) is 18.8. The number of anilines is 3. The molecule has 0 radical (unpaired) electrons. The first-order valence-corrected chi connectivity index (χ1v) is 11.4. The highest BCUT2D eigenvalue weighted by molar-refractivity contribution is 5.96. The van der Waals surface area contributed by atoms with E-state index in [1.165, 1.54) is 36.4 Å². The first-order chi connectivity index (χ1) is 18.3. The van der Waals surface area contributed by atoms with Crippen molar-refractivity contribution in [2.45, 2.75) is 0 Å². The average Bonchev–Trinajstić information content (AvgIpc) is 2.92. The zero-order chi connectivity index (χ0) is 27.5. The molecule has 3 aromatic carbocycles. The Morgan fingerprint density at radius 3 is 1.18 bits per heavy atom. The van der Waals surface area contributed by atoms with E-state index in [9.17, 15) is 19.2 Å². The summed E-state index contributed by atoms with van der Waals surface area (Å²) in [6.07, 6.45) is 0. The van der Waals surface area contributed by atoms with E-state index in [2.05, 4.69) is 0 Å². The van der Waals surface area contributed by atoms with Crippen molar-refractivity contribution in [1.29, 1.82) is 0 Å². The molecule has 0 saturated carbocycles. The van der Waals surface area contributed by atoms with E-state index >= 15 is 0 Å². The zero-order valence-electron chi connectivity index (χ0n) is 20.3. The quantitative estimate of drug-likeness (QED) is 0.138. The topological polar surface area (TPSA) is 183 Å². The van der Waals surface area contributed by atoms with Crippen LogP contribution in [0, 0.1) is 5.41 Å². The number of esters is 3. The lowest BCUT2D eigenvalue weighted by Crippen LogP contribution is -2.43. The monoisotopic (exact) mass is 521 g/mol. The first-order valence-electron chi connectivity index (χ1n) is 11.4. The lowest BCUT2D eigenvalue weighted by Gasteiger charge is -2.31. The predicted octanol–water partition coefficient (Wildman–Crippen LogP) is 2.46. The van der Waals surface area contributed by atoms with Gasteiger partial charge < -0.3 is 36.1 Å². The van der Waals surface area contributed by atoms with E-state index in [0.29, 0.717) is 0 Å². The lowest BCUT2D eigenvalue weighted by molar-refractivity contribution is -0.136. The van der Waals surface area contributed by atoms with Gasteiger partial charge in [-0.15, -0.1) is 0 Å². The highest BCUT2D eigenvalue weighted by atomic mass is 16.6. The lowest BCUT2D eigenvalue weighted by atomic mass is 9.92. The maximum absolute atomic E-state index is 12.7.